The second-order valence-electron chi connectivity index (χ2n) is 3.97. The third-order valence-electron chi connectivity index (χ3n) is 2.75. The van der Waals surface area contributed by atoms with E-state index < -0.39 is 12.8 Å². The quantitative estimate of drug-likeness (QED) is 0.687. The van der Waals surface area contributed by atoms with Crippen LogP contribution in [0.2, 0.25) is 0 Å². The van der Waals surface area contributed by atoms with Gasteiger partial charge in [-0.25, -0.2) is 9.78 Å². The molecule has 2 rings (SSSR count). The van der Waals surface area contributed by atoms with E-state index >= 15 is 0 Å². The summed E-state index contributed by atoms with van der Waals surface area (Å²) in [7, 11) is -0.0852. The van der Waals surface area contributed by atoms with Crippen LogP contribution in [0.1, 0.15) is 5.56 Å². The van der Waals surface area contributed by atoms with Crippen molar-refractivity contribution in [1.82, 2.24) is 9.55 Å². The van der Waals surface area contributed by atoms with Crippen LogP contribution in [0, 0.1) is 0 Å². The fraction of sp³-hybridized carbons (Fsp3) is 0.167. The van der Waals surface area contributed by atoms with E-state index in [2.05, 4.69) is 4.98 Å². The molecule has 0 aliphatic carbocycles. The highest BCUT2D eigenvalue weighted by Crippen LogP contribution is 2.12. The van der Waals surface area contributed by atoms with Gasteiger partial charge in [-0.1, -0.05) is 6.07 Å². The highest BCUT2D eigenvalue weighted by Gasteiger charge is 2.17. The third-order valence-corrected chi connectivity index (χ3v) is 2.75. The standard InChI is InChI=1S/C12H13BN2O4/c1-19-10-3-4-11(13(17)18)9(7-10)8-15-6-2-5-14-12(15)16/h2-7,17-18H,8H2,1H3. The summed E-state index contributed by atoms with van der Waals surface area (Å²) in [6.07, 6.45) is 2.99. The number of hydrogen-bond donors (Lipinski definition) is 2. The van der Waals surface area contributed by atoms with Crippen LogP contribution < -0.4 is 15.9 Å². The maximum absolute atomic E-state index is 11.6. The highest BCUT2D eigenvalue weighted by atomic mass is 16.5. The lowest BCUT2D eigenvalue weighted by Gasteiger charge is -2.12. The van der Waals surface area contributed by atoms with Gasteiger partial charge in [0, 0.05) is 12.4 Å². The van der Waals surface area contributed by atoms with Crippen molar-refractivity contribution in [2.24, 2.45) is 0 Å². The van der Waals surface area contributed by atoms with Gasteiger partial charge in [0.2, 0.25) is 0 Å². The van der Waals surface area contributed by atoms with Gasteiger partial charge in [0.25, 0.3) is 0 Å². The van der Waals surface area contributed by atoms with Gasteiger partial charge in [0.1, 0.15) is 5.75 Å². The van der Waals surface area contributed by atoms with Crippen LogP contribution in [0.4, 0.5) is 0 Å². The Labute approximate surface area is 110 Å². The van der Waals surface area contributed by atoms with E-state index in [1.54, 1.807) is 30.5 Å². The molecular formula is C12H13BN2O4. The molecule has 2 N–H and O–H groups in total. The van der Waals surface area contributed by atoms with E-state index in [1.807, 2.05) is 0 Å². The molecule has 0 atom stereocenters. The van der Waals surface area contributed by atoms with E-state index in [9.17, 15) is 14.8 Å². The summed E-state index contributed by atoms with van der Waals surface area (Å²) in [5.41, 5.74) is 0.518. The molecule has 0 saturated carbocycles. The summed E-state index contributed by atoms with van der Waals surface area (Å²) in [6.45, 7) is 0.191. The lowest BCUT2D eigenvalue weighted by atomic mass is 9.77. The second-order valence-corrected chi connectivity index (χ2v) is 3.97. The van der Waals surface area contributed by atoms with Crippen LogP contribution in [0.5, 0.6) is 5.75 Å². The third kappa shape index (κ3) is 3.01. The molecule has 0 amide bonds. The normalized spacial score (nSPS) is 10.3. The van der Waals surface area contributed by atoms with Crippen LogP contribution in [0.15, 0.2) is 41.5 Å². The first-order chi connectivity index (χ1) is 9.11. The summed E-state index contributed by atoms with van der Waals surface area (Å²) in [4.78, 5) is 15.2. The first-order valence-electron chi connectivity index (χ1n) is 5.66. The molecule has 1 heterocycles. The first-order valence-corrected chi connectivity index (χ1v) is 5.66. The zero-order valence-electron chi connectivity index (χ0n) is 10.4. The average Bonchev–Trinajstić information content (AvgIpc) is 2.41. The van der Waals surface area contributed by atoms with Gasteiger partial charge in [-0.2, -0.15) is 0 Å². The van der Waals surface area contributed by atoms with Crippen molar-refractivity contribution in [3.8, 4) is 5.75 Å². The zero-order chi connectivity index (χ0) is 13.8. The summed E-state index contributed by atoms with van der Waals surface area (Å²) in [5, 5.41) is 18.7. The molecule has 98 valence electrons. The van der Waals surface area contributed by atoms with Gasteiger partial charge in [-0.3, -0.25) is 4.57 Å². The van der Waals surface area contributed by atoms with Crippen LogP contribution in [-0.2, 0) is 6.54 Å². The summed E-state index contributed by atoms with van der Waals surface area (Å²) >= 11 is 0. The molecule has 0 radical (unpaired) electrons. The maximum Gasteiger partial charge on any atom is 0.488 e. The Morgan fingerprint density at radius 2 is 2.21 bits per heavy atom. The Hall–Kier alpha value is -2.12. The number of rotatable bonds is 4. The molecule has 0 bridgehead atoms. The minimum atomic E-state index is -1.60. The molecular weight excluding hydrogens is 247 g/mol. The van der Waals surface area contributed by atoms with E-state index in [0.717, 1.165) is 0 Å². The molecule has 0 aliphatic rings. The highest BCUT2D eigenvalue weighted by molar-refractivity contribution is 6.59. The Bertz CT molecular complexity index is 627. The van der Waals surface area contributed by atoms with E-state index in [4.69, 9.17) is 4.74 Å². The maximum atomic E-state index is 11.6. The van der Waals surface area contributed by atoms with Crippen LogP contribution >= 0.6 is 0 Å². The monoisotopic (exact) mass is 260 g/mol. The Morgan fingerprint density at radius 3 is 2.84 bits per heavy atom. The van der Waals surface area contributed by atoms with Gasteiger partial charge < -0.3 is 14.8 Å². The molecule has 0 unspecified atom stereocenters. The van der Waals surface area contributed by atoms with Crippen LogP contribution in [0.3, 0.4) is 0 Å². The smallest absolute Gasteiger partial charge is 0.488 e. The topological polar surface area (TPSA) is 84.6 Å². The van der Waals surface area contributed by atoms with Crippen molar-refractivity contribution in [3.05, 3.63) is 52.7 Å². The second kappa shape index (κ2) is 5.68. The SMILES string of the molecule is COc1ccc(B(O)O)c(Cn2cccnc2=O)c1. The van der Waals surface area contributed by atoms with Crippen molar-refractivity contribution >= 4 is 12.6 Å². The summed E-state index contributed by atoms with van der Waals surface area (Å²) in [6, 6.07) is 6.48. The molecule has 0 saturated heterocycles. The van der Waals surface area contributed by atoms with Crippen molar-refractivity contribution < 1.29 is 14.8 Å². The lowest BCUT2D eigenvalue weighted by Crippen LogP contribution is -2.35. The number of benzene rings is 1. The Balaban J connectivity index is 2.43. The molecule has 19 heavy (non-hydrogen) atoms. The fourth-order valence-electron chi connectivity index (χ4n) is 1.79. The average molecular weight is 260 g/mol. The molecule has 7 heteroatoms. The predicted octanol–water partition coefficient (Wildman–Crippen LogP) is -1.02. The number of nitrogens with zero attached hydrogens (tertiary/aromatic N) is 2. The minimum Gasteiger partial charge on any atom is -0.497 e. The van der Waals surface area contributed by atoms with Crippen molar-refractivity contribution in [2.45, 2.75) is 6.54 Å². The summed E-state index contributed by atoms with van der Waals surface area (Å²) in [5.74, 6) is 0.580. The predicted molar refractivity (Wildman–Crippen MR) is 70.4 cm³/mol. The van der Waals surface area contributed by atoms with Crippen LogP contribution in [0.25, 0.3) is 0 Å². The number of methoxy groups -OCH3 is 1. The summed E-state index contributed by atoms with van der Waals surface area (Å²) < 4.78 is 6.47. The van der Waals surface area contributed by atoms with Crippen molar-refractivity contribution in [2.75, 3.05) is 7.11 Å². The number of hydrogen-bond acceptors (Lipinski definition) is 5. The molecule has 1 aromatic heterocycles. The van der Waals surface area contributed by atoms with Crippen molar-refractivity contribution in [1.29, 1.82) is 0 Å². The van der Waals surface area contributed by atoms with Gasteiger partial charge in [-0.05, 0) is 29.2 Å². The van der Waals surface area contributed by atoms with E-state index in [-0.39, 0.29) is 6.54 Å². The van der Waals surface area contributed by atoms with E-state index in [1.165, 1.54) is 17.9 Å². The van der Waals surface area contributed by atoms with Crippen LogP contribution in [-0.4, -0.2) is 33.8 Å². The Kier molecular flexibility index (Phi) is 3.98. The molecule has 0 spiro atoms. The zero-order valence-corrected chi connectivity index (χ0v) is 10.4. The number of ether oxygens (including phenoxy) is 1. The van der Waals surface area contributed by atoms with Gasteiger partial charge in [0.15, 0.2) is 0 Å². The van der Waals surface area contributed by atoms with Gasteiger partial charge in [-0.15, -0.1) is 0 Å². The first kappa shape index (κ1) is 13.3. The molecule has 0 aliphatic heterocycles. The molecule has 6 nitrogen and oxygen atoms in total. The Morgan fingerprint density at radius 1 is 1.42 bits per heavy atom. The van der Waals surface area contributed by atoms with Gasteiger partial charge >= 0.3 is 12.8 Å². The molecule has 0 fully saturated rings. The van der Waals surface area contributed by atoms with Gasteiger partial charge in [0.05, 0.1) is 13.7 Å². The molecule has 1 aromatic carbocycles. The lowest BCUT2D eigenvalue weighted by molar-refractivity contribution is 0.413. The molecule has 2 aromatic rings. The minimum absolute atomic E-state index is 0.191. The fourth-order valence-corrected chi connectivity index (χ4v) is 1.79. The largest absolute Gasteiger partial charge is 0.497 e. The van der Waals surface area contributed by atoms with Crippen molar-refractivity contribution in [3.63, 3.8) is 0 Å². The van der Waals surface area contributed by atoms with E-state index in [0.29, 0.717) is 16.8 Å². The number of aromatic nitrogens is 2.